The Morgan fingerprint density at radius 1 is 1.25 bits per heavy atom. The number of nitrogens with zero attached hydrogens (tertiary/aromatic N) is 2. The fourth-order valence-corrected chi connectivity index (χ4v) is 2.55. The van der Waals surface area contributed by atoms with Gasteiger partial charge in [0.25, 0.3) is 0 Å². The van der Waals surface area contributed by atoms with Crippen LogP contribution in [-0.4, -0.2) is 16.5 Å². The third-order valence-corrected chi connectivity index (χ3v) is 4.37. The zero-order valence-corrected chi connectivity index (χ0v) is 13.4. The summed E-state index contributed by atoms with van der Waals surface area (Å²) in [7, 11) is 0. The Kier molecular flexibility index (Phi) is 3.60. The highest BCUT2D eigenvalue weighted by molar-refractivity contribution is 14.1. The maximum Gasteiger partial charge on any atom is 0.165 e. The molecule has 0 saturated heterocycles. The number of fused-ring (bicyclic) bond motifs is 1. The summed E-state index contributed by atoms with van der Waals surface area (Å²) in [5.74, 6) is 1.57. The van der Waals surface area contributed by atoms with Crippen LogP contribution in [0.1, 0.15) is 12.6 Å². The molecule has 0 atom stereocenters. The first kappa shape index (κ1) is 13.4. The third kappa shape index (κ3) is 2.26. The van der Waals surface area contributed by atoms with Gasteiger partial charge in [0.15, 0.2) is 5.82 Å². The number of para-hydroxylation sites is 1. The summed E-state index contributed by atoms with van der Waals surface area (Å²) in [6.45, 7) is 4.88. The molecule has 1 aromatic carbocycles. The average Bonchev–Trinajstić information content (AvgIpc) is 2.88. The molecule has 0 saturated carbocycles. The van der Waals surface area contributed by atoms with Crippen LogP contribution in [-0.2, 0) is 0 Å². The quantitative estimate of drug-likeness (QED) is 0.692. The Balaban J connectivity index is 2.19. The number of aryl methyl sites for hydroxylation is 1. The van der Waals surface area contributed by atoms with Gasteiger partial charge in [-0.3, -0.25) is 0 Å². The fraction of sp³-hybridized carbons (Fsp3) is 0.200. The number of halogens is 1. The van der Waals surface area contributed by atoms with Crippen molar-refractivity contribution in [3.05, 3.63) is 39.8 Å². The van der Waals surface area contributed by atoms with Crippen molar-refractivity contribution in [2.24, 2.45) is 0 Å². The second-order valence-corrected chi connectivity index (χ2v) is 5.55. The number of hydrogen-bond acceptors (Lipinski definition) is 4. The van der Waals surface area contributed by atoms with Gasteiger partial charge in [-0.2, -0.15) is 0 Å². The summed E-state index contributed by atoms with van der Waals surface area (Å²) in [6.07, 6.45) is 1.72. The summed E-state index contributed by atoms with van der Waals surface area (Å²) < 4.78 is 6.63. The summed E-state index contributed by atoms with van der Waals surface area (Å²) in [5.41, 5.74) is 2.75. The predicted molar refractivity (Wildman–Crippen MR) is 88.9 cm³/mol. The number of anilines is 1. The molecule has 1 N–H and O–H groups in total. The molecule has 0 bridgehead atoms. The normalized spacial score (nSPS) is 10.9. The summed E-state index contributed by atoms with van der Waals surface area (Å²) in [4.78, 5) is 9.22. The van der Waals surface area contributed by atoms with Crippen molar-refractivity contribution in [1.29, 1.82) is 0 Å². The highest BCUT2D eigenvalue weighted by Gasteiger charge is 2.14. The molecule has 3 aromatic rings. The smallest absolute Gasteiger partial charge is 0.165 e. The predicted octanol–water partition coefficient (Wildman–Crippen LogP) is 4.23. The first-order valence-corrected chi connectivity index (χ1v) is 7.53. The van der Waals surface area contributed by atoms with Gasteiger partial charge in [0.05, 0.1) is 14.8 Å². The van der Waals surface area contributed by atoms with E-state index < -0.39 is 0 Å². The van der Waals surface area contributed by atoms with Gasteiger partial charge >= 0.3 is 0 Å². The average molecular weight is 379 g/mol. The number of rotatable bonds is 3. The molecule has 3 rings (SSSR count). The number of aromatic nitrogens is 2. The van der Waals surface area contributed by atoms with Crippen LogP contribution >= 0.6 is 22.6 Å². The van der Waals surface area contributed by atoms with Crippen LogP contribution < -0.4 is 5.32 Å². The van der Waals surface area contributed by atoms with Crippen molar-refractivity contribution in [2.75, 3.05) is 11.9 Å². The van der Waals surface area contributed by atoms with E-state index in [4.69, 9.17) is 4.42 Å². The van der Waals surface area contributed by atoms with E-state index in [0.717, 1.165) is 38.2 Å². The second-order valence-electron chi connectivity index (χ2n) is 4.47. The minimum atomic E-state index is 0.698. The van der Waals surface area contributed by atoms with Crippen molar-refractivity contribution >= 4 is 39.4 Å². The highest BCUT2D eigenvalue weighted by atomic mass is 127. The molecule has 20 heavy (non-hydrogen) atoms. The van der Waals surface area contributed by atoms with E-state index in [1.54, 1.807) is 6.26 Å². The molecule has 0 fully saturated rings. The lowest BCUT2D eigenvalue weighted by Crippen LogP contribution is -2.06. The molecule has 0 aliphatic heterocycles. The van der Waals surface area contributed by atoms with Crippen LogP contribution in [0.3, 0.4) is 0 Å². The van der Waals surface area contributed by atoms with Crippen LogP contribution in [0.5, 0.6) is 0 Å². The zero-order chi connectivity index (χ0) is 14.1. The van der Waals surface area contributed by atoms with Crippen molar-refractivity contribution in [3.63, 3.8) is 0 Å². The standard InChI is InChI=1S/C15H14IN3O/c1-3-17-15-13(16)9(2)18-14(19-15)11-8-20-12-7-5-4-6-10(11)12/h4-8H,3H2,1-2H3,(H,17,18,19). The first-order valence-electron chi connectivity index (χ1n) is 6.45. The maximum atomic E-state index is 5.57. The van der Waals surface area contributed by atoms with Gasteiger partial charge in [-0.15, -0.1) is 0 Å². The minimum Gasteiger partial charge on any atom is -0.464 e. The Bertz CT molecular complexity index is 767. The van der Waals surface area contributed by atoms with Crippen LogP contribution in [0.2, 0.25) is 0 Å². The lowest BCUT2D eigenvalue weighted by Gasteiger charge is -2.09. The molecule has 2 aromatic heterocycles. The van der Waals surface area contributed by atoms with Gasteiger partial charge in [0.1, 0.15) is 17.7 Å². The lowest BCUT2D eigenvalue weighted by molar-refractivity contribution is 0.616. The number of benzene rings is 1. The minimum absolute atomic E-state index is 0.698. The SMILES string of the molecule is CCNc1nc(-c2coc3ccccc23)nc(C)c1I. The van der Waals surface area contributed by atoms with Crippen LogP contribution in [0.15, 0.2) is 34.9 Å². The number of hydrogen-bond donors (Lipinski definition) is 1. The van der Waals surface area contributed by atoms with Gasteiger partial charge in [-0.05, 0) is 42.5 Å². The third-order valence-electron chi connectivity index (χ3n) is 3.08. The highest BCUT2D eigenvalue weighted by Crippen LogP contribution is 2.30. The number of nitrogens with one attached hydrogen (secondary N) is 1. The van der Waals surface area contributed by atoms with Crippen LogP contribution in [0.25, 0.3) is 22.4 Å². The van der Waals surface area contributed by atoms with Crippen molar-refractivity contribution in [3.8, 4) is 11.4 Å². The van der Waals surface area contributed by atoms with Crippen molar-refractivity contribution in [2.45, 2.75) is 13.8 Å². The van der Waals surface area contributed by atoms with E-state index in [0.29, 0.717) is 5.82 Å². The molecule has 0 amide bonds. The van der Waals surface area contributed by atoms with E-state index in [2.05, 4.69) is 44.8 Å². The van der Waals surface area contributed by atoms with Gasteiger partial charge in [-0.25, -0.2) is 9.97 Å². The Morgan fingerprint density at radius 2 is 2.05 bits per heavy atom. The number of furan rings is 1. The molecule has 0 spiro atoms. The van der Waals surface area contributed by atoms with Gasteiger partial charge in [0, 0.05) is 11.9 Å². The van der Waals surface area contributed by atoms with Crippen molar-refractivity contribution < 1.29 is 4.42 Å². The Morgan fingerprint density at radius 3 is 2.85 bits per heavy atom. The second kappa shape index (κ2) is 5.40. The van der Waals surface area contributed by atoms with E-state index in [9.17, 15) is 0 Å². The van der Waals surface area contributed by atoms with E-state index >= 15 is 0 Å². The fourth-order valence-electron chi connectivity index (χ4n) is 2.12. The molecule has 5 heteroatoms. The van der Waals surface area contributed by atoms with Crippen molar-refractivity contribution in [1.82, 2.24) is 9.97 Å². The summed E-state index contributed by atoms with van der Waals surface area (Å²) in [6, 6.07) is 7.92. The van der Waals surface area contributed by atoms with Crippen LogP contribution in [0, 0.1) is 10.5 Å². The molecule has 102 valence electrons. The molecular weight excluding hydrogens is 365 g/mol. The molecule has 0 aliphatic carbocycles. The monoisotopic (exact) mass is 379 g/mol. The van der Waals surface area contributed by atoms with Gasteiger partial charge < -0.3 is 9.73 Å². The van der Waals surface area contributed by atoms with E-state index in [1.807, 2.05) is 31.2 Å². The van der Waals surface area contributed by atoms with Gasteiger partial charge in [-0.1, -0.05) is 18.2 Å². The lowest BCUT2D eigenvalue weighted by atomic mass is 10.1. The summed E-state index contributed by atoms with van der Waals surface area (Å²) >= 11 is 2.27. The molecule has 0 aliphatic rings. The largest absolute Gasteiger partial charge is 0.464 e. The summed E-state index contributed by atoms with van der Waals surface area (Å²) in [5, 5.41) is 4.32. The molecular formula is C15H14IN3O. The first-order chi connectivity index (χ1) is 9.70. The molecule has 0 unspecified atom stereocenters. The molecule has 4 nitrogen and oxygen atoms in total. The molecule has 0 radical (unpaired) electrons. The van der Waals surface area contributed by atoms with E-state index in [-0.39, 0.29) is 0 Å². The van der Waals surface area contributed by atoms with Crippen LogP contribution in [0.4, 0.5) is 5.82 Å². The zero-order valence-electron chi connectivity index (χ0n) is 11.3. The van der Waals surface area contributed by atoms with E-state index in [1.165, 1.54) is 0 Å². The topological polar surface area (TPSA) is 51.0 Å². The Hall–Kier alpha value is -1.63. The maximum absolute atomic E-state index is 5.57. The Labute approximate surface area is 130 Å². The van der Waals surface area contributed by atoms with Gasteiger partial charge in [0.2, 0.25) is 0 Å². The molecule has 2 heterocycles.